The lowest BCUT2D eigenvalue weighted by Crippen LogP contribution is -2.11. The number of furan rings is 1. The van der Waals surface area contributed by atoms with Crippen molar-refractivity contribution in [2.24, 2.45) is 0 Å². The van der Waals surface area contributed by atoms with Crippen molar-refractivity contribution in [2.45, 2.75) is 6.61 Å². The van der Waals surface area contributed by atoms with Crippen LogP contribution >= 0.6 is 34.8 Å². The number of ether oxygens (including phenoxy) is 3. The normalized spacial score (nSPS) is 10.6. The molecule has 3 aromatic carbocycles. The summed E-state index contributed by atoms with van der Waals surface area (Å²) in [6, 6.07) is 16.5. The Morgan fingerprint density at radius 3 is 2.27 bits per heavy atom. The molecular weight excluding hydrogens is 547 g/mol. The van der Waals surface area contributed by atoms with Gasteiger partial charge in [0.1, 0.15) is 29.6 Å². The Morgan fingerprint density at radius 2 is 1.62 bits per heavy atom. The molecular formula is C25H17Cl3N2O7. The van der Waals surface area contributed by atoms with Crippen molar-refractivity contribution in [2.75, 3.05) is 12.4 Å². The first kappa shape index (κ1) is 26.2. The number of carbonyl (C=O) groups is 1. The van der Waals surface area contributed by atoms with Crippen LogP contribution in [0.5, 0.6) is 23.0 Å². The predicted octanol–water partition coefficient (Wildman–Crippen LogP) is 7.78. The van der Waals surface area contributed by atoms with E-state index in [0.717, 1.165) is 0 Å². The smallest absolute Gasteiger partial charge is 0.291 e. The lowest BCUT2D eigenvalue weighted by molar-refractivity contribution is -0.384. The first-order valence-corrected chi connectivity index (χ1v) is 11.6. The van der Waals surface area contributed by atoms with Crippen LogP contribution in [-0.2, 0) is 6.61 Å². The minimum Gasteiger partial charge on any atom is -0.497 e. The van der Waals surface area contributed by atoms with E-state index in [2.05, 4.69) is 5.32 Å². The molecule has 0 radical (unpaired) electrons. The molecule has 0 aliphatic heterocycles. The summed E-state index contributed by atoms with van der Waals surface area (Å²) in [6.45, 7) is -0.0645. The Hall–Kier alpha value is -3.92. The molecule has 9 nitrogen and oxygen atoms in total. The zero-order valence-electron chi connectivity index (χ0n) is 19.0. The Balaban J connectivity index is 1.46. The predicted molar refractivity (Wildman–Crippen MR) is 139 cm³/mol. The lowest BCUT2D eigenvalue weighted by atomic mass is 10.2. The van der Waals surface area contributed by atoms with E-state index in [4.69, 9.17) is 53.4 Å². The number of rotatable bonds is 9. The fourth-order valence-electron chi connectivity index (χ4n) is 3.18. The standard InChI is InChI=1S/C25H17Cl3N2O7/c1-34-17-2-4-18(5-3-17)36-20-11-15(10-16(12-20)30(32)33)29-25(31)23-7-6-19(37-23)13-35-24-21(27)8-14(26)9-22(24)28/h2-12H,13H2,1H3,(H,29,31). The quantitative estimate of drug-likeness (QED) is 0.163. The van der Waals surface area contributed by atoms with Crippen LogP contribution in [-0.4, -0.2) is 17.9 Å². The second kappa shape index (κ2) is 11.4. The topological polar surface area (TPSA) is 113 Å². The van der Waals surface area contributed by atoms with Gasteiger partial charge in [0, 0.05) is 17.2 Å². The summed E-state index contributed by atoms with van der Waals surface area (Å²) in [6.07, 6.45) is 0. The van der Waals surface area contributed by atoms with Crippen molar-refractivity contribution in [1.29, 1.82) is 0 Å². The van der Waals surface area contributed by atoms with Crippen LogP contribution in [0.25, 0.3) is 0 Å². The number of anilines is 1. The number of nitrogens with one attached hydrogen (secondary N) is 1. The Morgan fingerprint density at radius 1 is 0.946 bits per heavy atom. The van der Waals surface area contributed by atoms with Crippen LogP contribution in [0.1, 0.15) is 16.3 Å². The van der Waals surface area contributed by atoms with Gasteiger partial charge in [0.15, 0.2) is 11.5 Å². The number of methoxy groups -OCH3 is 1. The minimum atomic E-state index is -0.635. The van der Waals surface area contributed by atoms with E-state index in [0.29, 0.717) is 22.3 Å². The average Bonchev–Trinajstić information content (AvgIpc) is 3.33. The van der Waals surface area contributed by atoms with E-state index in [1.807, 2.05) is 0 Å². The molecule has 37 heavy (non-hydrogen) atoms. The largest absolute Gasteiger partial charge is 0.497 e. The number of nitro groups is 1. The maximum atomic E-state index is 12.7. The van der Waals surface area contributed by atoms with Gasteiger partial charge in [-0.05, 0) is 48.5 Å². The van der Waals surface area contributed by atoms with Gasteiger partial charge >= 0.3 is 0 Å². The van der Waals surface area contributed by atoms with Gasteiger partial charge in [-0.15, -0.1) is 0 Å². The summed E-state index contributed by atoms with van der Waals surface area (Å²) in [5.41, 5.74) is -0.136. The molecule has 0 fully saturated rings. The summed E-state index contributed by atoms with van der Waals surface area (Å²) >= 11 is 18.1. The van der Waals surface area contributed by atoms with E-state index in [9.17, 15) is 14.9 Å². The van der Waals surface area contributed by atoms with Crippen molar-refractivity contribution in [3.05, 3.63) is 103 Å². The van der Waals surface area contributed by atoms with E-state index in [1.165, 1.54) is 49.6 Å². The van der Waals surface area contributed by atoms with E-state index in [-0.39, 0.29) is 45.3 Å². The summed E-state index contributed by atoms with van der Waals surface area (Å²) in [7, 11) is 1.53. The molecule has 0 spiro atoms. The highest BCUT2D eigenvalue weighted by molar-refractivity contribution is 6.40. The van der Waals surface area contributed by atoms with Crippen LogP contribution < -0.4 is 19.5 Å². The fourth-order valence-corrected chi connectivity index (χ4v) is 4.11. The highest BCUT2D eigenvalue weighted by atomic mass is 35.5. The van der Waals surface area contributed by atoms with Crippen LogP contribution in [0.4, 0.5) is 11.4 Å². The SMILES string of the molecule is COc1ccc(Oc2cc(NC(=O)c3ccc(COc4c(Cl)cc(Cl)cc4Cl)o3)cc([N+](=O)[O-])c2)cc1. The first-order chi connectivity index (χ1) is 17.7. The highest BCUT2D eigenvalue weighted by Crippen LogP contribution is 2.36. The number of carbonyl (C=O) groups excluding carboxylic acids is 1. The van der Waals surface area contributed by atoms with Crippen LogP contribution in [0.15, 0.2) is 71.1 Å². The molecule has 0 atom stereocenters. The fraction of sp³-hybridized carbons (Fsp3) is 0.0800. The second-order valence-corrected chi connectivity index (χ2v) is 8.71. The number of hydrogen-bond donors (Lipinski definition) is 1. The number of nitro benzene ring substituents is 1. The van der Waals surface area contributed by atoms with Gasteiger partial charge in [0.2, 0.25) is 0 Å². The van der Waals surface area contributed by atoms with E-state index >= 15 is 0 Å². The van der Waals surface area contributed by atoms with Gasteiger partial charge in [0.05, 0.1) is 33.8 Å². The monoisotopic (exact) mass is 562 g/mol. The third-order valence-corrected chi connectivity index (χ3v) is 5.64. The van der Waals surface area contributed by atoms with Gasteiger partial charge < -0.3 is 23.9 Å². The first-order valence-electron chi connectivity index (χ1n) is 10.5. The van der Waals surface area contributed by atoms with Crippen LogP contribution in [0, 0.1) is 10.1 Å². The molecule has 4 aromatic rings. The zero-order chi connectivity index (χ0) is 26.5. The van der Waals surface area contributed by atoms with Gasteiger partial charge in [-0.1, -0.05) is 34.8 Å². The molecule has 0 aliphatic carbocycles. The summed E-state index contributed by atoms with van der Waals surface area (Å²) in [5.74, 6) is 1.06. The highest BCUT2D eigenvalue weighted by Gasteiger charge is 2.17. The molecule has 0 aliphatic rings. The third kappa shape index (κ3) is 6.65. The Bertz CT molecular complexity index is 1430. The van der Waals surface area contributed by atoms with Gasteiger partial charge in [-0.25, -0.2) is 0 Å². The lowest BCUT2D eigenvalue weighted by Gasteiger charge is -2.10. The number of hydrogen-bond acceptors (Lipinski definition) is 7. The number of benzene rings is 3. The molecule has 0 unspecified atom stereocenters. The van der Waals surface area contributed by atoms with Crippen molar-refractivity contribution < 1.29 is 28.3 Å². The molecule has 1 heterocycles. The molecule has 190 valence electrons. The van der Waals surface area contributed by atoms with Crippen molar-refractivity contribution in [3.8, 4) is 23.0 Å². The van der Waals surface area contributed by atoms with Crippen LogP contribution in [0.3, 0.4) is 0 Å². The molecule has 12 heteroatoms. The summed E-state index contributed by atoms with van der Waals surface area (Å²) in [5, 5.41) is 14.8. The maximum absolute atomic E-state index is 12.7. The number of non-ortho nitro benzene ring substituents is 1. The molecule has 0 bridgehead atoms. The Kier molecular flexibility index (Phi) is 8.08. The summed E-state index contributed by atoms with van der Waals surface area (Å²) in [4.78, 5) is 23.6. The number of nitrogens with zero attached hydrogens (tertiary/aromatic N) is 1. The second-order valence-electron chi connectivity index (χ2n) is 7.46. The molecule has 0 saturated heterocycles. The van der Waals surface area contributed by atoms with Crippen molar-refractivity contribution in [1.82, 2.24) is 0 Å². The van der Waals surface area contributed by atoms with E-state index < -0.39 is 10.8 Å². The van der Waals surface area contributed by atoms with Crippen LogP contribution in [0.2, 0.25) is 15.1 Å². The summed E-state index contributed by atoms with van der Waals surface area (Å²) < 4.78 is 22.0. The van der Waals surface area contributed by atoms with E-state index in [1.54, 1.807) is 24.3 Å². The average molecular weight is 564 g/mol. The molecule has 1 N–H and O–H groups in total. The minimum absolute atomic E-state index is 0.0453. The molecule has 1 amide bonds. The van der Waals surface area contributed by atoms with Crippen molar-refractivity contribution in [3.63, 3.8) is 0 Å². The third-order valence-electron chi connectivity index (χ3n) is 4.86. The zero-order valence-corrected chi connectivity index (χ0v) is 21.3. The Labute approximate surface area is 225 Å². The molecule has 4 rings (SSSR count). The van der Waals surface area contributed by atoms with Crippen molar-refractivity contribution >= 4 is 52.1 Å². The van der Waals surface area contributed by atoms with Gasteiger partial charge in [-0.3, -0.25) is 14.9 Å². The van der Waals surface area contributed by atoms with Gasteiger partial charge in [0.25, 0.3) is 11.6 Å². The number of amides is 1. The van der Waals surface area contributed by atoms with Gasteiger partial charge in [-0.2, -0.15) is 0 Å². The molecule has 0 saturated carbocycles. The maximum Gasteiger partial charge on any atom is 0.291 e. The molecule has 1 aromatic heterocycles. The number of halogens is 3.